The second-order valence-electron chi connectivity index (χ2n) is 5.14. The molecule has 0 fully saturated rings. The van der Waals surface area contributed by atoms with Crippen molar-refractivity contribution in [3.05, 3.63) is 24.3 Å². The molecule has 0 aromatic heterocycles. The van der Waals surface area contributed by atoms with Crippen LogP contribution in [0.5, 0.6) is 5.75 Å². The summed E-state index contributed by atoms with van der Waals surface area (Å²) in [6.07, 6.45) is 0. The molecule has 21 heavy (non-hydrogen) atoms. The number of ether oxygens (including phenoxy) is 2. The summed E-state index contributed by atoms with van der Waals surface area (Å²) in [5.74, 6) is 0.484. The number of hydrogen-bond acceptors (Lipinski definition) is 4. The first-order valence-electron chi connectivity index (χ1n) is 6.23. The lowest BCUT2D eigenvalue weighted by molar-refractivity contribution is -0.152. The Hall–Kier alpha value is -1.51. The molecular weight excluding hydrogens is 385 g/mol. The molecule has 0 heterocycles. The Morgan fingerprint density at radius 2 is 1.86 bits per heavy atom. The van der Waals surface area contributed by atoms with Gasteiger partial charge in [-0.2, -0.15) is 0 Å². The second kappa shape index (κ2) is 8.71. The molecule has 1 rings (SSSR count). The van der Waals surface area contributed by atoms with E-state index in [2.05, 4.69) is 10.3 Å². The van der Waals surface area contributed by atoms with Crippen LogP contribution in [0.3, 0.4) is 0 Å². The first-order valence-corrected chi connectivity index (χ1v) is 6.23. The summed E-state index contributed by atoms with van der Waals surface area (Å²) in [7, 11) is 1.60. The van der Waals surface area contributed by atoms with Crippen molar-refractivity contribution >= 4 is 41.6 Å². The normalized spacial score (nSPS) is 11.3. The highest BCUT2D eigenvalue weighted by molar-refractivity contribution is 14.0. The zero-order valence-electron chi connectivity index (χ0n) is 12.7. The average Bonchev–Trinajstić information content (AvgIpc) is 2.35. The Labute approximate surface area is 142 Å². The molecule has 0 spiro atoms. The lowest BCUT2D eigenvalue weighted by Gasteiger charge is -2.18. The van der Waals surface area contributed by atoms with E-state index in [9.17, 15) is 4.79 Å². The molecule has 1 aromatic rings. The molecule has 0 aliphatic heterocycles. The third-order valence-electron chi connectivity index (χ3n) is 2.16. The fourth-order valence-electron chi connectivity index (χ4n) is 1.39. The van der Waals surface area contributed by atoms with Crippen LogP contribution in [0.1, 0.15) is 20.8 Å². The van der Waals surface area contributed by atoms with Crippen LogP contribution in [0, 0.1) is 0 Å². The first kappa shape index (κ1) is 19.5. The summed E-state index contributed by atoms with van der Waals surface area (Å²) >= 11 is 0. The number of nitrogens with zero attached hydrogens (tertiary/aromatic N) is 1. The number of aliphatic imine (C=N–C) groups is 1. The number of methoxy groups -OCH3 is 1. The maximum absolute atomic E-state index is 11.5. The van der Waals surface area contributed by atoms with E-state index in [0.29, 0.717) is 0 Å². The maximum atomic E-state index is 11.5. The molecule has 0 amide bonds. The summed E-state index contributed by atoms with van der Waals surface area (Å²) in [6, 6.07) is 7.19. The van der Waals surface area contributed by atoms with Crippen LogP contribution in [-0.4, -0.2) is 31.2 Å². The van der Waals surface area contributed by atoms with Gasteiger partial charge in [0.2, 0.25) is 0 Å². The van der Waals surface area contributed by atoms with E-state index in [4.69, 9.17) is 15.2 Å². The van der Waals surface area contributed by atoms with Gasteiger partial charge in [0, 0.05) is 5.69 Å². The number of benzene rings is 1. The summed E-state index contributed by atoms with van der Waals surface area (Å²) < 4.78 is 10.2. The average molecular weight is 407 g/mol. The number of rotatable bonds is 4. The minimum Gasteiger partial charge on any atom is -0.497 e. The van der Waals surface area contributed by atoms with Crippen molar-refractivity contribution in [2.24, 2.45) is 10.7 Å². The van der Waals surface area contributed by atoms with Crippen molar-refractivity contribution in [2.75, 3.05) is 19.0 Å². The van der Waals surface area contributed by atoms with Gasteiger partial charge in [0.05, 0.1) is 7.11 Å². The van der Waals surface area contributed by atoms with E-state index < -0.39 is 11.6 Å². The monoisotopic (exact) mass is 407 g/mol. The van der Waals surface area contributed by atoms with E-state index in [1.165, 1.54) is 0 Å². The number of carbonyl (C=O) groups excluding carboxylic acids is 1. The quantitative estimate of drug-likeness (QED) is 0.347. The van der Waals surface area contributed by atoms with Crippen molar-refractivity contribution in [3.63, 3.8) is 0 Å². The molecule has 0 bridgehead atoms. The van der Waals surface area contributed by atoms with E-state index >= 15 is 0 Å². The second-order valence-corrected chi connectivity index (χ2v) is 5.14. The SMILES string of the molecule is COc1ccc(NC(N)=NCC(=O)OC(C)(C)C)cc1.I. The van der Waals surface area contributed by atoms with E-state index in [1.807, 2.05) is 0 Å². The largest absolute Gasteiger partial charge is 0.497 e. The number of nitrogens with one attached hydrogen (secondary N) is 1. The van der Waals surface area contributed by atoms with Crippen LogP contribution in [-0.2, 0) is 9.53 Å². The topological polar surface area (TPSA) is 85.9 Å². The van der Waals surface area contributed by atoms with E-state index in [-0.39, 0.29) is 36.5 Å². The molecule has 1 aromatic carbocycles. The van der Waals surface area contributed by atoms with Gasteiger partial charge in [-0.3, -0.25) is 4.79 Å². The van der Waals surface area contributed by atoms with Gasteiger partial charge < -0.3 is 20.5 Å². The number of halogens is 1. The van der Waals surface area contributed by atoms with Gasteiger partial charge >= 0.3 is 5.97 Å². The van der Waals surface area contributed by atoms with Crippen molar-refractivity contribution < 1.29 is 14.3 Å². The van der Waals surface area contributed by atoms with Crippen LogP contribution < -0.4 is 15.8 Å². The van der Waals surface area contributed by atoms with E-state index in [0.717, 1.165) is 11.4 Å². The summed E-state index contributed by atoms with van der Waals surface area (Å²) in [6.45, 7) is 5.28. The molecule has 0 aliphatic carbocycles. The van der Waals surface area contributed by atoms with Crippen molar-refractivity contribution in [3.8, 4) is 5.75 Å². The fourth-order valence-corrected chi connectivity index (χ4v) is 1.39. The van der Waals surface area contributed by atoms with Crippen molar-refractivity contribution in [2.45, 2.75) is 26.4 Å². The van der Waals surface area contributed by atoms with Crippen molar-refractivity contribution in [1.82, 2.24) is 0 Å². The number of esters is 1. The van der Waals surface area contributed by atoms with Gasteiger partial charge in [-0.25, -0.2) is 4.99 Å². The molecule has 0 unspecified atom stereocenters. The van der Waals surface area contributed by atoms with Gasteiger partial charge in [0.1, 0.15) is 17.9 Å². The zero-order chi connectivity index (χ0) is 15.2. The highest BCUT2D eigenvalue weighted by Gasteiger charge is 2.15. The summed E-state index contributed by atoms with van der Waals surface area (Å²) in [5, 5.41) is 2.88. The van der Waals surface area contributed by atoms with Gasteiger partial charge in [0.15, 0.2) is 5.96 Å². The van der Waals surface area contributed by atoms with Crippen LogP contribution in [0.15, 0.2) is 29.3 Å². The molecule has 6 nitrogen and oxygen atoms in total. The Bertz CT molecular complexity index is 481. The number of anilines is 1. The highest BCUT2D eigenvalue weighted by Crippen LogP contribution is 2.14. The van der Waals surface area contributed by atoms with Crippen LogP contribution in [0.4, 0.5) is 5.69 Å². The third-order valence-corrected chi connectivity index (χ3v) is 2.16. The van der Waals surface area contributed by atoms with Crippen LogP contribution in [0.2, 0.25) is 0 Å². The predicted octanol–water partition coefficient (Wildman–Crippen LogP) is 2.38. The standard InChI is InChI=1S/C14H21N3O3.HI/c1-14(2,3)20-12(18)9-16-13(15)17-10-5-7-11(19-4)8-6-10;/h5-8H,9H2,1-4H3,(H3,15,16,17);1H. The number of nitrogens with two attached hydrogens (primary N) is 1. The van der Waals surface area contributed by atoms with Crippen LogP contribution >= 0.6 is 24.0 Å². The number of guanidine groups is 1. The van der Waals surface area contributed by atoms with Gasteiger partial charge in [-0.05, 0) is 45.0 Å². The summed E-state index contributed by atoms with van der Waals surface area (Å²) in [5.41, 5.74) is 5.93. The maximum Gasteiger partial charge on any atom is 0.328 e. The van der Waals surface area contributed by atoms with E-state index in [1.54, 1.807) is 52.1 Å². The Balaban J connectivity index is 0.00000400. The molecule has 0 radical (unpaired) electrons. The minimum atomic E-state index is -0.523. The Morgan fingerprint density at radius 3 is 2.33 bits per heavy atom. The molecule has 0 saturated heterocycles. The summed E-state index contributed by atoms with van der Waals surface area (Å²) in [4.78, 5) is 15.4. The molecule has 0 saturated carbocycles. The third kappa shape index (κ3) is 8.38. The lowest BCUT2D eigenvalue weighted by Crippen LogP contribution is -2.28. The first-order chi connectivity index (χ1) is 9.30. The Kier molecular flexibility index (Phi) is 8.08. The number of hydrogen-bond donors (Lipinski definition) is 2. The molecular formula is C14H22IN3O3. The lowest BCUT2D eigenvalue weighted by atomic mass is 10.2. The number of carbonyl (C=O) groups is 1. The van der Waals surface area contributed by atoms with Crippen molar-refractivity contribution in [1.29, 1.82) is 0 Å². The van der Waals surface area contributed by atoms with Gasteiger partial charge in [-0.1, -0.05) is 0 Å². The zero-order valence-corrected chi connectivity index (χ0v) is 15.0. The predicted molar refractivity (Wildman–Crippen MR) is 94.4 cm³/mol. The molecule has 7 heteroatoms. The van der Waals surface area contributed by atoms with Crippen LogP contribution in [0.25, 0.3) is 0 Å². The Morgan fingerprint density at radius 1 is 1.29 bits per heavy atom. The molecule has 0 aliphatic rings. The fraction of sp³-hybridized carbons (Fsp3) is 0.429. The molecule has 0 atom stereocenters. The van der Waals surface area contributed by atoms with Gasteiger partial charge in [-0.15, -0.1) is 24.0 Å². The smallest absolute Gasteiger partial charge is 0.328 e. The minimum absolute atomic E-state index is 0. The highest BCUT2D eigenvalue weighted by atomic mass is 127. The molecule has 118 valence electrons. The molecule has 3 N–H and O–H groups in total. The van der Waals surface area contributed by atoms with Gasteiger partial charge in [0.25, 0.3) is 0 Å².